The third-order valence-electron chi connectivity index (χ3n) is 3.01. The summed E-state index contributed by atoms with van der Waals surface area (Å²) in [6.45, 7) is 4.22. The van der Waals surface area contributed by atoms with Crippen molar-refractivity contribution in [3.05, 3.63) is 62.7 Å². The first-order valence-electron chi connectivity index (χ1n) is 6.72. The van der Waals surface area contributed by atoms with Gasteiger partial charge >= 0.3 is 0 Å². The molecular weight excluding hydrogens is 304 g/mol. The second-order valence-corrected chi connectivity index (χ2v) is 5.04. The van der Waals surface area contributed by atoms with Crippen LogP contribution in [0.25, 0.3) is 0 Å². The van der Waals surface area contributed by atoms with Crippen LogP contribution >= 0.6 is 11.6 Å². The lowest BCUT2D eigenvalue weighted by Crippen LogP contribution is -1.96. The Morgan fingerprint density at radius 2 is 2.09 bits per heavy atom. The van der Waals surface area contributed by atoms with Gasteiger partial charge in [0.25, 0.3) is 5.69 Å². The third kappa shape index (κ3) is 3.83. The third-order valence-corrected chi connectivity index (χ3v) is 3.24. The van der Waals surface area contributed by atoms with E-state index in [9.17, 15) is 10.1 Å². The van der Waals surface area contributed by atoms with E-state index in [1.165, 1.54) is 12.1 Å². The molecule has 5 nitrogen and oxygen atoms in total. The molecule has 6 heteroatoms. The molecule has 0 unspecified atom stereocenters. The van der Waals surface area contributed by atoms with Crippen molar-refractivity contribution in [2.75, 3.05) is 6.61 Å². The predicted molar refractivity (Wildman–Crippen MR) is 87.7 cm³/mol. The Hall–Kier alpha value is -2.40. The second-order valence-electron chi connectivity index (χ2n) is 4.60. The smallest absolute Gasteiger partial charge is 0.269 e. The number of hydrogen-bond donors (Lipinski definition) is 0. The number of halogens is 1. The van der Waals surface area contributed by atoms with Gasteiger partial charge in [0.2, 0.25) is 0 Å². The number of nitro groups is 1. The zero-order chi connectivity index (χ0) is 16.1. The van der Waals surface area contributed by atoms with E-state index in [2.05, 4.69) is 4.99 Å². The molecular formula is C16H15ClN2O3. The fraction of sp³-hybridized carbons (Fsp3) is 0.188. The molecule has 2 aromatic carbocycles. The highest BCUT2D eigenvalue weighted by Gasteiger charge is 2.07. The van der Waals surface area contributed by atoms with E-state index < -0.39 is 4.92 Å². The van der Waals surface area contributed by atoms with Crippen molar-refractivity contribution in [3.8, 4) is 5.75 Å². The van der Waals surface area contributed by atoms with Crippen LogP contribution in [0.5, 0.6) is 5.75 Å². The van der Waals surface area contributed by atoms with E-state index in [4.69, 9.17) is 16.3 Å². The first-order chi connectivity index (χ1) is 10.5. The van der Waals surface area contributed by atoms with Gasteiger partial charge in [-0.05, 0) is 43.7 Å². The number of nitro benzene ring substituents is 1. The maximum absolute atomic E-state index is 10.7. The normalized spacial score (nSPS) is 10.9. The van der Waals surface area contributed by atoms with Gasteiger partial charge in [0.15, 0.2) is 0 Å². The molecule has 0 fully saturated rings. The number of hydrogen-bond acceptors (Lipinski definition) is 4. The van der Waals surface area contributed by atoms with E-state index in [1.54, 1.807) is 37.4 Å². The molecule has 0 amide bonds. The van der Waals surface area contributed by atoms with Crippen molar-refractivity contribution >= 4 is 29.2 Å². The summed E-state index contributed by atoms with van der Waals surface area (Å²) in [5, 5.41) is 11.3. The fourth-order valence-electron chi connectivity index (χ4n) is 1.94. The predicted octanol–water partition coefficient (Wildman–Crippen LogP) is 4.71. The van der Waals surface area contributed by atoms with Crippen LogP contribution < -0.4 is 4.74 Å². The van der Waals surface area contributed by atoms with Crippen LogP contribution in [0.2, 0.25) is 5.02 Å². The summed E-state index contributed by atoms with van der Waals surface area (Å²) in [6, 6.07) is 9.84. The minimum atomic E-state index is -0.426. The summed E-state index contributed by atoms with van der Waals surface area (Å²) >= 11 is 5.99. The zero-order valence-electron chi connectivity index (χ0n) is 12.2. The highest BCUT2D eigenvalue weighted by molar-refractivity contribution is 6.30. The highest BCUT2D eigenvalue weighted by atomic mass is 35.5. The Balaban J connectivity index is 2.32. The molecule has 0 saturated heterocycles. The number of non-ortho nitro benzene ring substituents is 1. The van der Waals surface area contributed by atoms with E-state index in [-0.39, 0.29) is 5.69 Å². The minimum Gasteiger partial charge on any atom is -0.493 e. The van der Waals surface area contributed by atoms with Gasteiger partial charge in [0, 0.05) is 28.9 Å². The average molecular weight is 319 g/mol. The lowest BCUT2D eigenvalue weighted by molar-refractivity contribution is -0.384. The molecule has 2 aromatic rings. The van der Waals surface area contributed by atoms with Gasteiger partial charge < -0.3 is 4.74 Å². The van der Waals surface area contributed by atoms with E-state index in [1.807, 2.05) is 6.92 Å². The number of aliphatic imine (C=N–C) groups is 1. The SMILES string of the molecule is CCOc1ccc(Cl)cc1C=Nc1ccc([N+](=O)[O-])cc1C. The van der Waals surface area contributed by atoms with Gasteiger partial charge in [0.05, 0.1) is 17.2 Å². The van der Waals surface area contributed by atoms with Gasteiger partial charge in [0.1, 0.15) is 5.75 Å². The lowest BCUT2D eigenvalue weighted by atomic mass is 10.1. The number of aryl methyl sites for hydroxylation is 1. The molecule has 0 heterocycles. The summed E-state index contributed by atoms with van der Waals surface area (Å²) in [6.07, 6.45) is 1.64. The Labute approximate surface area is 133 Å². The largest absolute Gasteiger partial charge is 0.493 e. The van der Waals surface area contributed by atoms with E-state index in [0.717, 1.165) is 11.1 Å². The maximum Gasteiger partial charge on any atom is 0.269 e. The molecule has 0 bridgehead atoms. The van der Waals surface area contributed by atoms with Gasteiger partial charge in [-0.25, -0.2) is 0 Å². The molecule has 0 spiro atoms. The Morgan fingerprint density at radius 3 is 2.73 bits per heavy atom. The van der Waals surface area contributed by atoms with Crippen molar-refractivity contribution in [2.45, 2.75) is 13.8 Å². The van der Waals surface area contributed by atoms with Gasteiger partial charge in [-0.2, -0.15) is 0 Å². The summed E-state index contributed by atoms with van der Waals surface area (Å²) in [7, 11) is 0. The monoisotopic (exact) mass is 318 g/mol. The summed E-state index contributed by atoms with van der Waals surface area (Å²) < 4.78 is 5.52. The number of rotatable bonds is 5. The van der Waals surface area contributed by atoms with Crippen LogP contribution in [-0.4, -0.2) is 17.7 Å². The number of benzene rings is 2. The molecule has 0 aliphatic rings. The Morgan fingerprint density at radius 1 is 1.32 bits per heavy atom. The lowest BCUT2D eigenvalue weighted by Gasteiger charge is -2.07. The Kier molecular flexibility index (Phi) is 5.12. The van der Waals surface area contributed by atoms with Crippen LogP contribution in [0.3, 0.4) is 0 Å². The van der Waals surface area contributed by atoms with Crippen LogP contribution in [0.1, 0.15) is 18.1 Å². The maximum atomic E-state index is 10.7. The standard InChI is InChI=1S/C16H15ClN2O3/c1-3-22-16-7-4-13(17)9-12(16)10-18-15-6-5-14(19(20)21)8-11(15)2/h4-10H,3H2,1-2H3. The van der Waals surface area contributed by atoms with Crippen LogP contribution in [-0.2, 0) is 0 Å². The molecule has 0 aliphatic heterocycles. The van der Waals surface area contributed by atoms with Crippen LogP contribution in [0, 0.1) is 17.0 Å². The van der Waals surface area contributed by atoms with Crippen LogP contribution in [0.15, 0.2) is 41.4 Å². The molecule has 0 aliphatic carbocycles. The zero-order valence-corrected chi connectivity index (χ0v) is 13.0. The summed E-state index contributed by atoms with van der Waals surface area (Å²) in [4.78, 5) is 14.7. The Bertz CT molecular complexity index is 729. The summed E-state index contributed by atoms with van der Waals surface area (Å²) in [5.74, 6) is 0.690. The van der Waals surface area contributed by atoms with Gasteiger partial charge in [-0.1, -0.05) is 11.6 Å². The molecule has 22 heavy (non-hydrogen) atoms. The van der Waals surface area contributed by atoms with E-state index in [0.29, 0.717) is 23.1 Å². The fourth-order valence-corrected chi connectivity index (χ4v) is 2.12. The molecule has 0 radical (unpaired) electrons. The van der Waals surface area contributed by atoms with Crippen molar-refractivity contribution in [1.82, 2.24) is 0 Å². The topological polar surface area (TPSA) is 64.7 Å². The highest BCUT2D eigenvalue weighted by Crippen LogP contribution is 2.25. The average Bonchev–Trinajstić information content (AvgIpc) is 2.48. The molecule has 114 valence electrons. The summed E-state index contributed by atoms with van der Waals surface area (Å²) in [5.41, 5.74) is 2.19. The van der Waals surface area contributed by atoms with Crippen molar-refractivity contribution in [3.63, 3.8) is 0 Å². The first kappa shape index (κ1) is 16.0. The van der Waals surface area contributed by atoms with E-state index >= 15 is 0 Å². The van der Waals surface area contributed by atoms with Crippen molar-refractivity contribution in [2.24, 2.45) is 4.99 Å². The molecule has 0 saturated carbocycles. The van der Waals surface area contributed by atoms with Gasteiger partial charge in [-0.3, -0.25) is 15.1 Å². The number of ether oxygens (including phenoxy) is 1. The molecule has 2 rings (SSSR count). The minimum absolute atomic E-state index is 0.0502. The quantitative estimate of drug-likeness (QED) is 0.455. The van der Waals surface area contributed by atoms with Crippen molar-refractivity contribution < 1.29 is 9.66 Å². The molecule has 0 aromatic heterocycles. The molecule has 0 N–H and O–H groups in total. The second kappa shape index (κ2) is 7.04. The van der Waals surface area contributed by atoms with Gasteiger partial charge in [-0.15, -0.1) is 0 Å². The van der Waals surface area contributed by atoms with Crippen molar-refractivity contribution in [1.29, 1.82) is 0 Å². The van der Waals surface area contributed by atoms with Crippen LogP contribution in [0.4, 0.5) is 11.4 Å². The number of nitrogens with zero attached hydrogens (tertiary/aromatic N) is 2. The first-order valence-corrected chi connectivity index (χ1v) is 7.10. The molecule has 0 atom stereocenters.